The molecule has 0 radical (unpaired) electrons. The first-order valence-corrected chi connectivity index (χ1v) is 9.98. The van der Waals surface area contributed by atoms with Crippen molar-refractivity contribution < 1.29 is 19.2 Å². The monoisotopic (exact) mass is 446 g/mol. The number of nitrogens with zero attached hydrogens (tertiary/aromatic N) is 3. The van der Waals surface area contributed by atoms with Crippen LogP contribution in [0.4, 0.5) is 11.4 Å². The fourth-order valence-corrected chi connectivity index (χ4v) is 3.17. The molecule has 0 bridgehead atoms. The number of rotatable bonds is 7. The molecule has 0 saturated carbocycles. The van der Waals surface area contributed by atoms with Crippen LogP contribution in [0.3, 0.4) is 0 Å². The van der Waals surface area contributed by atoms with Gasteiger partial charge in [0.15, 0.2) is 6.10 Å². The maximum absolute atomic E-state index is 12.3. The largest absolute Gasteiger partial charge is 0.452 e. The van der Waals surface area contributed by atoms with Gasteiger partial charge >= 0.3 is 5.97 Å². The topological polar surface area (TPSA) is 124 Å². The molecule has 9 nitrogen and oxygen atoms in total. The number of nitro benzene ring substituents is 1. The number of aromatic nitrogens is 2. The van der Waals surface area contributed by atoms with Gasteiger partial charge in [0.05, 0.1) is 38.6 Å². The van der Waals surface area contributed by atoms with Crippen molar-refractivity contribution >= 4 is 57.6 Å². The molecule has 0 fully saturated rings. The van der Waals surface area contributed by atoms with Crippen LogP contribution in [0.2, 0.25) is 5.02 Å². The second-order valence-corrected chi connectivity index (χ2v) is 7.43. The summed E-state index contributed by atoms with van der Waals surface area (Å²) in [5.74, 6) is -1.36. The summed E-state index contributed by atoms with van der Waals surface area (Å²) < 4.78 is 5.11. The van der Waals surface area contributed by atoms with E-state index in [1.807, 2.05) is 24.3 Å². The van der Waals surface area contributed by atoms with Crippen LogP contribution >= 0.6 is 23.4 Å². The molecule has 1 heterocycles. The van der Waals surface area contributed by atoms with Crippen LogP contribution in [-0.4, -0.2) is 38.6 Å². The molecule has 1 atom stereocenters. The first kappa shape index (κ1) is 21.5. The van der Waals surface area contributed by atoms with Crippen LogP contribution in [0.25, 0.3) is 11.0 Å². The SMILES string of the molecule is CC(OC(=O)CSc1cnc2ccccc2n1)C(=O)Nc1cc([N+](=O)[O-])ccc1Cl. The molecule has 0 aliphatic heterocycles. The lowest BCUT2D eigenvalue weighted by atomic mass is 10.2. The molecule has 1 aromatic heterocycles. The van der Waals surface area contributed by atoms with Gasteiger partial charge in [0.25, 0.3) is 11.6 Å². The number of non-ortho nitro benzene ring substituents is 1. The van der Waals surface area contributed by atoms with Gasteiger partial charge in [-0.15, -0.1) is 0 Å². The first-order valence-electron chi connectivity index (χ1n) is 8.62. The Balaban J connectivity index is 1.55. The number of hydrogen-bond acceptors (Lipinski definition) is 8. The van der Waals surface area contributed by atoms with Crippen molar-refractivity contribution in [2.45, 2.75) is 18.1 Å². The third-order valence-electron chi connectivity index (χ3n) is 3.86. The summed E-state index contributed by atoms with van der Waals surface area (Å²) >= 11 is 7.09. The van der Waals surface area contributed by atoms with Crippen LogP contribution in [0, 0.1) is 10.1 Å². The average Bonchev–Trinajstić information content (AvgIpc) is 2.73. The van der Waals surface area contributed by atoms with Gasteiger partial charge in [-0.25, -0.2) is 4.98 Å². The highest BCUT2D eigenvalue weighted by molar-refractivity contribution is 7.99. The maximum atomic E-state index is 12.3. The molecule has 0 spiro atoms. The molecule has 0 saturated heterocycles. The molecule has 1 amide bonds. The predicted octanol–water partition coefficient (Wildman–Crippen LogP) is 3.85. The summed E-state index contributed by atoms with van der Waals surface area (Å²) in [6.07, 6.45) is 0.428. The summed E-state index contributed by atoms with van der Waals surface area (Å²) in [6.45, 7) is 1.39. The zero-order valence-corrected chi connectivity index (χ0v) is 17.1. The van der Waals surface area contributed by atoms with E-state index in [0.717, 1.165) is 23.3 Å². The van der Waals surface area contributed by atoms with Gasteiger partial charge in [0.2, 0.25) is 0 Å². The van der Waals surface area contributed by atoms with Crippen LogP contribution in [0.1, 0.15) is 6.92 Å². The molecule has 1 unspecified atom stereocenters. The molecule has 154 valence electrons. The second kappa shape index (κ2) is 9.51. The van der Waals surface area contributed by atoms with Crippen molar-refractivity contribution in [2.24, 2.45) is 0 Å². The van der Waals surface area contributed by atoms with Crippen LogP contribution in [0.15, 0.2) is 53.7 Å². The minimum absolute atomic E-state index is 0.0552. The van der Waals surface area contributed by atoms with E-state index in [1.54, 1.807) is 6.20 Å². The highest BCUT2D eigenvalue weighted by atomic mass is 35.5. The number of halogens is 1. The van der Waals surface area contributed by atoms with Gasteiger partial charge in [-0.2, -0.15) is 0 Å². The Labute approximate surface area is 179 Å². The number of carbonyl (C=O) groups excluding carboxylic acids is 2. The summed E-state index contributed by atoms with van der Waals surface area (Å²) in [7, 11) is 0. The van der Waals surface area contributed by atoms with Crippen LogP contribution in [0.5, 0.6) is 0 Å². The zero-order chi connectivity index (χ0) is 21.7. The number of anilines is 1. The predicted molar refractivity (Wildman–Crippen MR) is 113 cm³/mol. The Bertz CT molecular complexity index is 1130. The minimum Gasteiger partial charge on any atom is -0.452 e. The normalized spacial score (nSPS) is 11.7. The van der Waals surface area contributed by atoms with E-state index in [1.165, 1.54) is 19.1 Å². The lowest BCUT2D eigenvalue weighted by molar-refractivity contribution is -0.384. The molecule has 11 heteroatoms. The van der Waals surface area contributed by atoms with E-state index < -0.39 is 22.9 Å². The molecule has 1 N–H and O–H groups in total. The number of para-hydroxylation sites is 2. The van der Waals surface area contributed by atoms with E-state index in [9.17, 15) is 19.7 Å². The number of thioether (sulfide) groups is 1. The van der Waals surface area contributed by atoms with Crippen LogP contribution in [-0.2, 0) is 14.3 Å². The molecule has 2 aromatic carbocycles. The minimum atomic E-state index is -1.13. The number of ether oxygens (including phenoxy) is 1. The highest BCUT2D eigenvalue weighted by Gasteiger charge is 2.20. The standard InChI is InChI=1S/C19H15ClN4O5S/c1-11(19(26)23-16-8-12(24(27)28)6-7-13(16)20)29-18(25)10-30-17-9-21-14-4-2-3-5-15(14)22-17/h2-9,11H,10H2,1H3,(H,23,26). The Morgan fingerprint density at radius 3 is 2.73 bits per heavy atom. The van der Waals surface area contributed by atoms with Crippen molar-refractivity contribution in [1.29, 1.82) is 0 Å². The molecule has 3 aromatic rings. The molecule has 30 heavy (non-hydrogen) atoms. The number of hydrogen-bond donors (Lipinski definition) is 1. The summed E-state index contributed by atoms with van der Waals surface area (Å²) in [5, 5.41) is 14.0. The van der Waals surface area contributed by atoms with E-state index >= 15 is 0 Å². The zero-order valence-electron chi connectivity index (χ0n) is 15.6. The summed E-state index contributed by atoms with van der Waals surface area (Å²) in [6, 6.07) is 11.0. The van der Waals surface area contributed by atoms with Gasteiger partial charge in [0, 0.05) is 12.1 Å². The van der Waals surface area contributed by atoms with Gasteiger partial charge < -0.3 is 10.1 Å². The van der Waals surface area contributed by atoms with Crippen molar-refractivity contribution in [3.8, 4) is 0 Å². The smallest absolute Gasteiger partial charge is 0.317 e. The fraction of sp³-hybridized carbons (Fsp3) is 0.158. The average molecular weight is 447 g/mol. The third-order valence-corrected chi connectivity index (χ3v) is 5.06. The number of carbonyl (C=O) groups is 2. The highest BCUT2D eigenvalue weighted by Crippen LogP contribution is 2.27. The van der Waals surface area contributed by atoms with Crippen LogP contribution < -0.4 is 5.32 Å². The fourth-order valence-electron chi connectivity index (χ4n) is 2.38. The molecule has 0 aliphatic rings. The van der Waals surface area contributed by atoms with Gasteiger partial charge in [0.1, 0.15) is 5.03 Å². The number of nitro groups is 1. The number of nitrogens with one attached hydrogen (secondary N) is 1. The van der Waals surface area contributed by atoms with Crippen molar-refractivity contribution in [2.75, 3.05) is 11.1 Å². The number of esters is 1. The first-order chi connectivity index (χ1) is 14.3. The quantitative estimate of drug-likeness (QED) is 0.251. The number of fused-ring (bicyclic) bond motifs is 1. The van der Waals surface area contributed by atoms with Crippen molar-refractivity contribution in [1.82, 2.24) is 9.97 Å². The van der Waals surface area contributed by atoms with Gasteiger partial charge in [-0.05, 0) is 25.1 Å². The van der Waals surface area contributed by atoms with Gasteiger partial charge in [-0.3, -0.25) is 24.7 Å². The summed E-state index contributed by atoms with van der Waals surface area (Å²) in [4.78, 5) is 43.2. The van der Waals surface area contributed by atoms with Crippen molar-refractivity contribution in [3.05, 3.63) is 63.8 Å². The third kappa shape index (κ3) is 5.43. The number of benzene rings is 2. The Morgan fingerprint density at radius 1 is 1.27 bits per heavy atom. The maximum Gasteiger partial charge on any atom is 0.317 e. The van der Waals surface area contributed by atoms with E-state index in [-0.39, 0.29) is 22.2 Å². The second-order valence-electron chi connectivity index (χ2n) is 6.03. The molecule has 3 rings (SSSR count). The summed E-state index contributed by atoms with van der Waals surface area (Å²) in [5.41, 5.74) is 1.28. The van der Waals surface area contributed by atoms with E-state index in [0.29, 0.717) is 10.5 Å². The lowest BCUT2D eigenvalue weighted by Gasteiger charge is -2.14. The van der Waals surface area contributed by atoms with Crippen molar-refractivity contribution in [3.63, 3.8) is 0 Å². The molecular formula is C19H15ClN4O5S. The Morgan fingerprint density at radius 2 is 2.00 bits per heavy atom. The molecular weight excluding hydrogens is 432 g/mol. The molecule has 0 aliphatic carbocycles. The van der Waals surface area contributed by atoms with Gasteiger partial charge in [-0.1, -0.05) is 35.5 Å². The Hall–Kier alpha value is -3.24. The number of amides is 1. The lowest BCUT2D eigenvalue weighted by Crippen LogP contribution is -2.30. The Kier molecular flexibility index (Phi) is 6.80. The van der Waals surface area contributed by atoms with E-state index in [2.05, 4.69) is 15.3 Å². The van der Waals surface area contributed by atoms with E-state index in [4.69, 9.17) is 16.3 Å².